The molecule has 0 aromatic heterocycles. The average Bonchev–Trinajstić information content (AvgIpc) is 2.74. The number of halogens is 2. The van der Waals surface area contributed by atoms with Crippen LogP contribution in [0.4, 0.5) is 0 Å². The van der Waals surface area contributed by atoms with Gasteiger partial charge in [-0.25, -0.2) is 8.42 Å². The quantitative estimate of drug-likeness (QED) is 0.550. The van der Waals surface area contributed by atoms with Crippen LogP contribution in [0.1, 0.15) is 21.5 Å². The van der Waals surface area contributed by atoms with E-state index in [1.165, 1.54) is 29.6 Å². The second kappa shape index (κ2) is 9.62. The Morgan fingerprint density at radius 3 is 2.27 bits per heavy atom. The lowest BCUT2D eigenvalue weighted by Gasteiger charge is -2.18. The molecule has 0 bridgehead atoms. The first kappa shape index (κ1) is 22.3. The SMILES string of the molecule is CN(Cc1ccccc1)S(=O)(=O)c1ccc(Cl)c(C(=O)NCc2ccc(Cl)cc2)c1. The highest BCUT2D eigenvalue weighted by molar-refractivity contribution is 7.89. The Bertz CT molecular complexity index is 1130. The molecule has 156 valence electrons. The number of benzene rings is 3. The summed E-state index contributed by atoms with van der Waals surface area (Å²) in [5.41, 5.74) is 1.81. The van der Waals surface area contributed by atoms with Crippen molar-refractivity contribution in [1.29, 1.82) is 0 Å². The molecule has 0 spiro atoms. The number of hydrogen-bond donors (Lipinski definition) is 1. The molecule has 0 unspecified atom stereocenters. The zero-order chi connectivity index (χ0) is 21.7. The van der Waals surface area contributed by atoms with Crippen LogP contribution in [-0.4, -0.2) is 25.7 Å². The predicted octanol–water partition coefficient (Wildman–Crippen LogP) is 4.74. The first-order chi connectivity index (χ1) is 14.3. The number of nitrogens with one attached hydrogen (secondary N) is 1. The predicted molar refractivity (Wildman–Crippen MR) is 119 cm³/mol. The lowest BCUT2D eigenvalue weighted by molar-refractivity contribution is 0.0951. The van der Waals surface area contributed by atoms with E-state index in [1.54, 1.807) is 24.3 Å². The van der Waals surface area contributed by atoms with Crippen molar-refractivity contribution >= 4 is 39.1 Å². The Hall–Kier alpha value is -2.38. The van der Waals surface area contributed by atoms with Crippen LogP contribution < -0.4 is 5.32 Å². The maximum atomic E-state index is 13.0. The van der Waals surface area contributed by atoms with Gasteiger partial charge < -0.3 is 5.32 Å². The smallest absolute Gasteiger partial charge is 0.253 e. The van der Waals surface area contributed by atoms with E-state index in [0.717, 1.165) is 11.1 Å². The highest BCUT2D eigenvalue weighted by Crippen LogP contribution is 2.23. The summed E-state index contributed by atoms with van der Waals surface area (Å²) in [5, 5.41) is 3.53. The molecule has 3 rings (SSSR count). The van der Waals surface area contributed by atoms with Gasteiger partial charge in [0.25, 0.3) is 5.91 Å². The minimum Gasteiger partial charge on any atom is -0.348 e. The van der Waals surface area contributed by atoms with E-state index >= 15 is 0 Å². The molecule has 0 aliphatic rings. The van der Waals surface area contributed by atoms with Gasteiger partial charge in [0.2, 0.25) is 10.0 Å². The standard InChI is InChI=1S/C22H20Cl2N2O3S/c1-26(15-17-5-3-2-4-6-17)30(28,29)19-11-12-21(24)20(13-19)22(27)25-14-16-7-9-18(23)10-8-16/h2-13H,14-15H2,1H3,(H,25,27). The molecular formula is C22H20Cl2N2O3S. The van der Waals surface area contributed by atoms with Crippen LogP contribution in [0.5, 0.6) is 0 Å². The van der Waals surface area contributed by atoms with Gasteiger partial charge in [-0.15, -0.1) is 0 Å². The van der Waals surface area contributed by atoms with E-state index < -0.39 is 15.9 Å². The van der Waals surface area contributed by atoms with Gasteiger partial charge in [0.05, 0.1) is 15.5 Å². The van der Waals surface area contributed by atoms with E-state index in [-0.39, 0.29) is 28.6 Å². The number of rotatable bonds is 7. The summed E-state index contributed by atoms with van der Waals surface area (Å²) >= 11 is 12.0. The maximum absolute atomic E-state index is 13.0. The van der Waals surface area contributed by atoms with Crippen molar-refractivity contribution in [1.82, 2.24) is 9.62 Å². The Balaban J connectivity index is 1.77. The third kappa shape index (κ3) is 5.40. The van der Waals surface area contributed by atoms with Crippen LogP contribution >= 0.6 is 23.2 Å². The van der Waals surface area contributed by atoms with Gasteiger partial charge >= 0.3 is 0 Å². The topological polar surface area (TPSA) is 66.5 Å². The van der Waals surface area contributed by atoms with Crippen LogP contribution in [0.3, 0.4) is 0 Å². The van der Waals surface area contributed by atoms with Gasteiger partial charge in [-0.2, -0.15) is 4.31 Å². The molecule has 0 fully saturated rings. The molecule has 1 N–H and O–H groups in total. The number of nitrogens with zero attached hydrogens (tertiary/aromatic N) is 1. The minimum atomic E-state index is -3.80. The van der Waals surface area contributed by atoms with Crippen molar-refractivity contribution in [2.24, 2.45) is 0 Å². The fraction of sp³-hybridized carbons (Fsp3) is 0.136. The minimum absolute atomic E-state index is 0.00183. The molecule has 0 radical (unpaired) electrons. The summed E-state index contributed by atoms with van der Waals surface area (Å²) in [6, 6.07) is 20.4. The Kier molecular flexibility index (Phi) is 7.15. The number of sulfonamides is 1. The van der Waals surface area contributed by atoms with Crippen LogP contribution in [0.25, 0.3) is 0 Å². The van der Waals surface area contributed by atoms with Gasteiger partial charge in [0.1, 0.15) is 0 Å². The van der Waals surface area contributed by atoms with Crippen LogP contribution in [0.2, 0.25) is 10.0 Å². The van der Waals surface area contributed by atoms with Gasteiger partial charge in [0, 0.05) is 25.2 Å². The molecule has 8 heteroatoms. The summed E-state index contributed by atoms with van der Waals surface area (Å²) in [5.74, 6) is -0.460. The van der Waals surface area contributed by atoms with Crippen molar-refractivity contribution < 1.29 is 13.2 Å². The van der Waals surface area contributed by atoms with Gasteiger partial charge in [-0.3, -0.25) is 4.79 Å². The van der Waals surface area contributed by atoms with Gasteiger partial charge in [-0.05, 0) is 41.5 Å². The molecule has 0 aliphatic heterocycles. The monoisotopic (exact) mass is 462 g/mol. The van der Waals surface area contributed by atoms with Gasteiger partial charge in [-0.1, -0.05) is 65.7 Å². The molecule has 3 aromatic rings. The van der Waals surface area contributed by atoms with Crippen LogP contribution in [-0.2, 0) is 23.1 Å². The highest BCUT2D eigenvalue weighted by Gasteiger charge is 2.23. The van der Waals surface area contributed by atoms with Crippen molar-refractivity contribution in [2.75, 3.05) is 7.05 Å². The third-order valence-electron chi connectivity index (χ3n) is 4.51. The fourth-order valence-corrected chi connectivity index (χ4v) is 4.34. The van der Waals surface area contributed by atoms with Crippen molar-refractivity contribution in [3.05, 3.63) is 99.5 Å². The number of carbonyl (C=O) groups is 1. The summed E-state index contributed by atoms with van der Waals surface area (Å²) in [6.07, 6.45) is 0. The second-order valence-corrected chi connectivity index (χ2v) is 9.59. The third-order valence-corrected chi connectivity index (χ3v) is 6.89. The lowest BCUT2D eigenvalue weighted by Crippen LogP contribution is -2.27. The number of amides is 1. The van der Waals surface area contributed by atoms with E-state index in [2.05, 4.69) is 5.32 Å². The normalized spacial score (nSPS) is 11.5. The highest BCUT2D eigenvalue weighted by atomic mass is 35.5. The number of hydrogen-bond acceptors (Lipinski definition) is 3. The van der Waals surface area contributed by atoms with Crippen molar-refractivity contribution in [3.63, 3.8) is 0 Å². The molecule has 0 heterocycles. The van der Waals surface area contributed by atoms with E-state index in [0.29, 0.717) is 5.02 Å². The number of carbonyl (C=O) groups excluding carboxylic acids is 1. The molecule has 3 aromatic carbocycles. The summed E-state index contributed by atoms with van der Waals surface area (Å²) in [7, 11) is -2.30. The summed E-state index contributed by atoms with van der Waals surface area (Å²) in [6.45, 7) is 0.473. The average molecular weight is 463 g/mol. The molecule has 5 nitrogen and oxygen atoms in total. The molecule has 0 atom stereocenters. The zero-order valence-corrected chi connectivity index (χ0v) is 18.5. The maximum Gasteiger partial charge on any atom is 0.253 e. The molecule has 1 amide bonds. The largest absolute Gasteiger partial charge is 0.348 e. The molecule has 30 heavy (non-hydrogen) atoms. The van der Waals surface area contributed by atoms with Crippen molar-refractivity contribution in [2.45, 2.75) is 18.0 Å². The fourth-order valence-electron chi connectivity index (χ4n) is 2.82. The Morgan fingerprint density at radius 1 is 0.933 bits per heavy atom. The lowest BCUT2D eigenvalue weighted by atomic mass is 10.2. The molecule has 0 saturated heterocycles. The first-order valence-electron chi connectivity index (χ1n) is 9.10. The van der Waals surface area contributed by atoms with Crippen LogP contribution in [0.15, 0.2) is 77.7 Å². The van der Waals surface area contributed by atoms with E-state index in [1.807, 2.05) is 30.3 Å². The van der Waals surface area contributed by atoms with E-state index in [4.69, 9.17) is 23.2 Å². The summed E-state index contributed by atoms with van der Waals surface area (Å²) in [4.78, 5) is 12.6. The first-order valence-corrected chi connectivity index (χ1v) is 11.3. The Labute approximate surface area is 186 Å². The van der Waals surface area contributed by atoms with E-state index in [9.17, 15) is 13.2 Å². The zero-order valence-electron chi connectivity index (χ0n) is 16.2. The second-order valence-electron chi connectivity index (χ2n) is 6.70. The molecule has 0 saturated carbocycles. The summed E-state index contributed by atoms with van der Waals surface area (Å²) < 4.78 is 27.2. The molecular weight excluding hydrogens is 443 g/mol. The Morgan fingerprint density at radius 2 is 1.60 bits per heavy atom. The van der Waals surface area contributed by atoms with Gasteiger partial charge in [0.15, 0.2) is 0 Å². The molecule has 0 aliphatic carbocycles. The van der Waals surface area contributed by atoms with Crippen LogP contribution in [0, 0.1) is 0 Å². The van der Waals surface area contributed by atoms with Crippen molar-refractivity contribution in [3.8, 4) is 0 Å².